The molecule has 0 radical (unpaired) electrons. The quantitative estimate of drug-likeness (QED) is 0.501. The number of amides is 2. The summed E-state index contributed by atoms with van der Waals surface area (Å²) in [4.78, 5) is 43.6. The van der Waals surface area contributed by atoms with Crippen molar-refractivity contribution in [1.82, 2.24) is 10.3 Å². The van der Waals surface area contributed by atoms with Crippen LogP contribution in [0.15, 0.2) is 60.9 Å². The molecule has 3 aromatic rings. The van der Waals surface area contributed by atoms with Crippen molar-refractivity contribution in [2.75, 3.05) is 18.1 Å². The lowest BCUT2D eigenvalue weighted by Gasteiger charge is -2.33. The summed E-state index contributed by atoms with van der Waals surface area (Å²) in [7, 11) is 0. The molecule has 0 aliphatic carbocycles. The van der Waals surface area contributed by atoms with Crippen LogP contribution in [0.4, 0.5) is 10.1 Å². The molecule has 2 amide bonds. The normalized spacial score (nSPS) is 13.5. The van der Waals surface area contributed by atoms with Gasteiger partial charge < -0.3 is 14.8 Å². The van der Waals surface area contributed by atoms with Crippen molar-refractivity contribution in [2.24, 2.45) is 0 Å². The molecule has 4 rings (SSSR count). The molecule has 0 spiro atoms. The minimum Gasteiger partial charge on any atom is -0.482 e. The number of ketones is 1. The number of pyridine rings is 1. The molecule has 35 heavy (non-hydrogen) atoms. The second-order valence-electron chi connectivity index (χ2n) is 8.14. The number of anilines is 1. The van der Waals surface area contributed by atoms with Gasteiger partial charge in [0.15, 0.2) is 30.6 Å². The Morgan fingerprint density at radius 1 is 1.23 bits per heavy atom. The number of benzene rings is 2. The van der Waals surface area contributed by atoms with Gasteiger partial charge in [0.25, 0.3) is 5.91 Å². The van der Waals surface area contributed by atoms with Gasteiger partial charge in [0, 0.05) is 24.5 Å². The van der Waals surface area contributed by atoms with Crippen molar-refractivity contribution in [2.45, 2.75) is 26.4 Å². The van der Waals surface area contributed by atoms with E-state index >= 15 is 0 Å². The van der Waals surface area contributed by atoms with Crippen LogP contribution in [0.3, 0.4) is 0 Å². The molecule has 9 heteroatoms. The van der Waals surface area contributed by atoms with Crippen LogP contribution < -0.4 is 19.7 Å². The lowest BCUT2D eigenvalue weighted by atomic mass is 10.1. The molecule has 1 N–H and O–H groups in total. The number of carbonyl (C=O) groups is 3. The van der Waals surface area contributed by atoms with Crippen molar-refractivity contribution in [3.63, 3.8) is 0 Å². The maximum Gasteiger partial charge on any atom is 0.265 e. The van der Waals surface area contributed by atoms with Gasteiger partial charge in [-0.1, -0.05) is 12.1 Å². The molecular weight excluding hydrogens is 453 g/mol. The second kappa shape index (κ2) is 10.3. The van der Waals surface area contributed by atoms with Gasteiger partial charge in [-0.2, -0.15) is 0 Å². The number of nitrogens with one attached hydrogen (secondary N) is 1. The van der Waals surface area contributed by atoms with Gasteiger partial charge >= 0.3 is 0 Å². The van der Waals surface area contributed by atoms with Crippen molar-refractivity contribution < 1.29 is 28.2 Å². The van der Waals surface area contributed by atoms with E-state index in [1.807, 2.05) is 6.07 Å². The third kappa shape index (κ3) is 5.46. The molecule has 1 aliphatic heterocycles. The van der Waals surface area contributed by atoms with Gasteiger partial charge in [-0.25, -0.2) is 4.39 Å². The van der Waals surface area contributed by atoms with Crippen LogP contribution in [0.5, 0.6) is 11.5 Å². The maximum absolute atomic E-state index is 13.9. The van der Waals surface area contributed by atoms with Crippen LogP contribution in [0.1, 0.15) is 28.4 Å². The topological polar surface area (TPSA) is 97.8 Å². The highest BCUT2D eigenvalue weighted by Gasteiger charge is 2.33. The van der Waals surface area contributed by atoms with Crippen molar-refractivity contribution >= 4 is 23.3 Å². The van der Waals surface area contributed by atoms with Crippen LogP contribution in [0, 0.1) is 12.7 Å². The number of rotatable bonds is 8. The summed E-state index contributed by atoms with van der Waals surface area (Å²) < 4.78 is 24.8. The van der Waals surface area contributed by atoms with Crippen LogP contribution >= 0.6 is 0 Å². The average Bonchev–Trinajstić information content (AvgIpc) is 2.87. The highest BCUT2D eigenvalue weighted by atomic mass is 19.1. The highest BCUT2D eigenvalue weighted by Crippen LogP contribution is 2.34. The standard InChI is InChI=1S/C26H24FN3O5/c1-16-5-7-20(27)24(10-16)34-14-22(31)19-6-8-23-21(11-19)30(25(32)15-35-23)17(2)26(33)29-13-18-4-3-9-28-12-18/h3-12,17H,13-15H2,1-2H3,(H,29,33). The Morgan fingerprint density at radius 3 is 2.83 bits per heavy atom. The molecule has 0 saturated carbocycles. The van der Waals surface area contributed by atoms with Gasteiger partial charge in [0.2, 0.25) is 5.91 Å². The Morgan fingerprint density at radius 2 is 2.06 bits per heavy atom. The zero-order valence-electron chi connectivity index (χ0n) is 19.3. The van der Waals surface area contributed by atoms with E-state index in [1.54, 1.807) is 44.4 Å². The monoisotopic (exact) mass is 477 g/mol. The number of ether oxygens (including phenoxy) is 2. The first kappa shape index (κ1) is 23.9. The average molecular weight is 477 g/mol. The van der Waals surface area contributed by atoms with Crippen LogP contribution in [0.25, 0.3) is 0 Å². The van der Waals surface area contributed by atoms with E-state index in [9.17, 15) is 18.8 Å². The molecule has 1 atom stereocenters. The van der Waals surface area contributed by atoms with E-state index in [2.05, 4.69) is 10.3 Å². The molecule has 8 nitrogen and oxygen atoms in total. The van der Waals surface area contributed by atoms with Crippen molar-refractivity contribution in [3.05, 3.63) is 83.4 Å². The van der Waals surface area contributed by atoms with Gasteiger partial charge in [-0.15, -0.1) is 0 Å². The van der Waals surface area contributed by atoms with Gasteiger partial charge in [0.05, 0.1) is 5.69 Å². The fourth-order valence-corrected chi connectivity index (χ4v) is 3.67. The zero-order valence-corrected chi connectivity index (χ0v) is 19.3. The number of aromatic nitrogens is 1. The Kier molecular flexibility index (Phi) is 7.05. The Bertz CT molecular complexity index is 1270. The van der Waals surface area contributed by atoms with E-state index in [-0.39, 0.29) is 30.4 Å². The zero-order chi connectivity index (χ0) is 24.9. The van der Waals surface area contributed by atoms with Crippen LogP contribution in [-0.4, -0.2) is 41.8 Å². The summed E-state index contributed by atoms with van der Waals surface area (Å²) in [6.07, 6.45) is 3.28. The first-order valence-corrected chi connectivity index (χ1v) is 11.0. The summed E-state index contributed by atoms with van der Waals surface area (Å²) in [5, 5.41) is 2.80. The molecule has 1 aromatic heterocycles. The van der Waals surface area contributed by atoms with Crippen LogP contribution in [0.2, 0.25) is 0 Å². The lowest BCUT2D eigenvalue weighted by Crippen LogP contribution is -2.51. The Labute approximate surface area is 201 Å². The van der Waals surface area contributed by atoms with Gasteiger partial charge in [-0.05, 0) is 61.4 Å². The number of hydrogen-bond acceptors (Lipinski definition) is 6. The third-order valence-electron chi connectivity index (χ3n) is 5.56. The van der Waals surface area contributed by atoms with Gasteiger partial charge in [0.1, 0.15) is 11.8 Å². The van der Waals surface area contributed by atoms with E-state index in [4.69, 9.17) is 9.47 Å². The number of fused-ring (bicyclic) bond motifs is 1. The van der Waals surface area contributed by atoms with E-state index in [0.29, 0.717) is 11.4 Å². The minimum atomic E-state index is -0.857. The Hall–Kier alpha value is -4.27. The molecule has 2 heterocycles. The molecule has 1 aliphatic rings. The highest BCUT2D eigenvalue weighted by molar-refractivity contribution is 6.05. The number of Topliss-reactive ketones (excluding diaryl/α,β-unsaturated/α-hetero) is 1. The second-order valence-corrected chi connectivity index (χ2v) is 8.14. The summed E-state index contributed by atoms with van der Waals surface area (Å²) in [6.45, 7) is 3.03. The number of halogens is 1. The largest absolute Gasteiger partial charge is 0.482 e. The fraction of sp³-hybridized carbons (Fsp3) is 0.231. The Balaban J connectivity index is 1.50. The molecule has 0 bridgehead atoms. The first-order chi connectivity index (χ1) is 16.8. The maximum atomic E-state index is 13.9. The molecule has 0 fully saturated rings. The van der Waals surface area contributed by atoms with Gasteiger partial charge in [-0.3, -0.25) is 24.3 Å². The predicted molar refractivity (Wildman–Crippen MR) is 126 cm³/mol. The summed E-state index contributed by atoms with van der Waals surface area (Å²) in [6, 6.07) is 11.7. The van der Waals surface area contributed by atoms with E-state index < -0.39 is 30.2 Å². The summed E-state index contributed by atoms with van der Waals surface area (Å²) in [5.74, 6) is -1.41. The lowest BCUT2D eigenvalue weighted by molar-refractivity contribution is -0.127. The molecule has 2 aromatic carbocycles. The van der Waals surface area contributed by atoms with E-state index in [0.717, 1.165) is 11.1 Å². The number of aryl methyl sites for hydroxylation is 1. The molecule has 0 saturated heterocycles. The molecule has 180 valence electrons. The number of hydrogen-bond donors (Lipinski definition) is 1. The fourth-order valence-electron chi connectivity index (χ4n) is 3.67. The smallest absolute Gasteiger partial charge is 0.265 e. The predicted octanol–water partition coefficient (Wildman–Crippen LogP) is 3.22. The first-order valence-electron chi connectivity index (χ1n) is 11.0. The molecule has 1 unspecified atom stereocenters. The third-order valence-corrected chi connectivity index (χ3v) is 5.56. The number of nitrogens with zero attached hydrogens (tertiary/aromatic N) is 2. The number of carbonyl (C=O) groups excluding carboxylic acids is 3. The van der Waals surface area contributed by atoms with Crippen molar-refractivity contribution in [1.29, 1.82) is 0 Å². The minimum absolute atomic E-state index is 0.0182. The summed E-state index contributed by atoms with van der Waals surface area (Å²) in [5.41, 5.74) is 2.16. The van der Waals surface area contributed by atoms with E-state index in [1.165, 1.54) is 29.2 Å². The SMILES string of the molecule is Cc1ccc(F)c(OCC(=O)c2ccc3c(c2)N(C(C)C(=O)NCc2cccnc2)C(=O)CO3)c1. The van der Waals surface area contributed by atoms with Crippen molar-refractivity contribution in [3.8, 4) is 11.5 Å². The summed E-state index contributed by atoms with van der Waals surface area (Å²) >= 11 is 0. The van der Waals surface area contributed by atoms with Crippen LogP contribution in [-0.2, 0) is 16.1 Å². The molecular formula is C26H24FN3O5.